The summed E-state index contributed by atoms with van der Waals surface area (Å²) in [5, 5.41) is 12.6. The molecule has 0 bridgehead atoms. The van der Waals surface area contributed by atoms with E-state index in [0.717, 1.165) is 35.2 Å². The Morgan fingerprint density at radius 1 is 1.15 bits per heavy atom. The Morgan fingerprint density at radius 2 is 1.95 bits per heavy atom. The second kappa shape index (κ2) is 11.5. The lowest BCUT2D eigenvalue weighted by Crippen LogP contribution is -2.44. The first-order valence-electron chi connectivity index (χ1n) is 13.1. The molecule has 1 aromatic heterocycles. The van der Waals surface area contributed by atoms with Crippen molar-refractivity contribution < 1.29 is 32.6 Å². The van der Waals surface area contributed by atoms with Gasteiger partial charge in [0.2, 0.25) is 11.9 Å². The van der Waals surface area contributed by atoms with Crippen LogP contribution in [0.25, 0.3) is 0 Å². The Balaban J connectivity index is 1.44. The van der Waals surface area contributed by atoms with Gasteiger partial charge in [0, 0.05) is 19.5 Å². The highest BCUT2D eigenvalue weighted by Gasteiger charge is 2.42. The molecule has 2 aliphatic rings. The maximum atomic E-state index is 13.8. The molecule has 1 amide bonds. The van der Waals surface area contributed by atoms with E-state index in [0.29, 0.717) is 23.3 Å². The van der Waals surface area contributed by atoms with Crippen molar-refractivity contribution in [3.05, 3.63) is 77.1 Å². The molecule has 212 valence electrons. The van der Waals surface area contributed by atoms with E-state index in [-0.39, 0.29) is 19.4 Å². The molecule has 40 heavy (non-hydrogen) atoms. The molecule has 3 heterocycles. The smallest absolute Gasteiger partial charge is 0.406 e. The van der Waals surface area contributed by atoms with Gasteiger partial charge in [-0.15, -0.1) is 0 Å². The van der Waals surface area contributed by atoms with E-state index in [9.17, 15) is 27.9 Å². The summed E-state index contributed by atoms with van der Waals surface area (Å²) in [4.78, 5) is 30.3. The first-order chi connectivity index (χ1) is 19.2. The third-order valence-electron chi connectivity index (χ3n) is 7.07. The molecule has 2 aromatic carbocycles. The van der Waals surface area contributed by atoms with Crippen LogP contribution in [0.5, 0.6) is 5.75 Å². The van der Waals surface area contributed by atoms with Crippen LogP contribution in [0.1, 0.15) is 34.8 Å². The fourth-order valence-electron chi connectivity index (χ4n) is 5.30. The number of nitrogens with zero attached hydrogens (tertiary/aromatic N) is 3. The van der Waals surface area contributed by atoms with Crippen LogP contribution < -0.4 is 15.5 Å². The lowest BCUT2D eigenvalue weighted by atomic mass is 9.91. The van der Waals surface area contributed by atoms with Crippen LogP contribution in [0, 0.1) is 5.92 Å². The molecule has 3 aromatic rings. The minimum Gasteiger partial charge on any atom is -0.493 e. The molecule has 2 aliphatic heterocycles. The SMILES string of the molecule is O=C(O)CC1Cc2ccc(OCCc3cn4c(n3)NCCN4)cc2C(Cc2ccccc2)N(CC(F)(F)F)C1=O. The molecule has 9 nitrogen and oxygen atoms in total. The third kappa shape index (κ3) is 6.49. The number of hydrogen-bond donors (Lipinski definition) is 3. The van der Waals surface area contributed by atoms with Gasteiger partial charge in [0.1, 0.15) is 12.3 Å². The van der Waals surface area contributed by atoms with Crippen molar-refractivity contribution in [2.75, 3.05) is 37.0 Å². The van der Waals surface area contributed by atoms with Crippen molar-refractivity contribution in [2.45, 2.75) is 37.9 Å². The number of aliphatic carboxylic acids is 1. The summed E-state index contributed by atoms with van der Waals surface area (Å²) in [6.07, 6.45) is -2.67. The van der Waals surface area contributed by atoms with E-state index >= 15 is 0 Å². The average molecular weight is 558 g/mol. The Kier molecular flexibility index (Phi) is 7.85. The molecule has 0 spiro atoms. The van der Waals surface area contributed by atoms with E-state index in [2.05, 4.69) is 15.7 Å². The van der Waals surface area contributed by atoms with E-state index < -0.39 is 43.0 Å². The number of nitrogens with one attached hydrogen (secondary N) is 2. The summed E-state index contributed by atoms with van der Waals surface area (Å²) in [6.45, 7) is 0.357. The zero-order valence-corrected chi connectivity index (χ0v) is 21.7. The van der Waals surface area contributed by atoms with Crippen molar-refractivity contribution in [1.82, 2.24) is 14.6 Å². The third-order valence-corrected chi connectivity index (χ3v) is 7.07. The first-order valence-corrected chi connectivity index (χ1v) is 13.1. The second-order valence-electron chi connectivity index (χ2n) is 10.0. The number of carbonyl (C=O) groups excluding carboxylic acids is 1. The van der Waals surface area contributed by atoms with E-state index in [1.54, 1.807) is 48.5 Å². The summed E-state index contributed by atoms with van der Waals surface area (Å²) in [5.41, 5.74) is 5.93. The Hall–Kier alpha value is -4.22. The van der Waals surface area contributed by atoms with Crippen molar-refractivity contribution >= 4 is 17.8 Å². The summed E-state index contributed by atoms with van der Waals surface area (Å²) in [5.74, 6) is -1.99. The first kappa shape index (κ1) is 27.4. The van der Waals surface area contributed by atoms with Gasteiger partial charge in [-0.05, 0) is 41.7 Å². The predicted octanol–water partition coefficient (Wildman–Crippen LogP) is 3.80. The molecule has 0 radical (unpaired) electrons. The molecule has 0 aliphatic carbocycles. The fourth-order valence-corrected chi connectivity index (χ4v) is 5.30. The van der Waals surface area contributed by atoms with Crippen LogP contribution in [0.3, 0.4) is 0 Å². The molecule has 5 rings (SSSR count). The standard InChI is InChI=1S/C28H30F3N5O4/c29-28(30,31)17-35-24(12-18-4-2-1-3-5-18)23-15-22(7-6-19(23)13-20(26(35)39)14-25(37)38)40-11-8-21-16-36-27(34-21)32-9-10-33-36/h1-7,15-16,20,24,33H,8-14,17H2,(H,32,34)(H,37,38). The van der Waals surface area contributed by atoms with E-state index in [4.69, 9.17) is 4.74 Å². The van der Waals surface area contributed by atoms with Crippen molar-refractivity contribution in [3.63, 3.8) is 0 Å². The molecular formula is C28H30F3N5O4. The van der Waals surface area contributed by atoms with Gasteiger partial charge in [-0.25, -0.2) is 9.66 Å². The summed E-state index contributed by atoms with van der Waals surface area (Å²) < 4.78 is 49.1. The number of alkyl halides is 3. The van der Waals surface area contributed by atoms with Crippen molar-refractivity contribution in [1.29, 1.82) is 0 Å². The lowest BCUT2D eigenvalue weighted by Gasteiger charge is -2.33. The number of fused-ring (bicyclic) bond motifs is 2. The fraction of sp³-hybridized carbons (Fsp3) is 0.393. The molecule has 2 unspecified atom stereocenters. The minimum absolute atomic E-state index is 0.0284. The van der Waals surface area contributed by atoms with Crippen LogP contribution in [0.2, 0.25) is 0 Å². The highest BCUT2D eigenvalue weighted by atomic mass is 19.4. The number of imidazole rings is 1. The zero-order valence-electron chi connectivity index (χ0n) is 21.7. The molecule has 0 saturated heterocycles. The molecule has 0 fully saturated rings. The number of benzene rings is 2. The maximum Gasteiger partial charge on any atom is 0.406 e. The van der Waals surface area contributed by atoms with E-state index in [1.165, 1.54) is 0 Å². The lowest BCUT2D eigenvalue weighted by molar-refractivity contribution is -0.169. The van der Waals surface area contributed by atoms with Crippen LogP contribution in [0.4, 0.5) is 19.1 Å². The molecule has 12 heteroatoms. The minimum atomic E-state index is -4.66. The summed E-state index contributed by atoms with van der Waals surface area (Å²) in [6, 6.07) is 13.1. The number of amides is 1. The van der Waals surface area contributed by atoms with Crippen LogP contribution in [-0.2, 0) is 28.9 Å². The topological polar surface area (TPSA) is 109 Å². The number of rotatable bonds is 9. The normalized spacial score (nSPS) is 18.7. The monoisotopic (exact) mass is 557 g/mol. The highest BCUT2D eigenvalue weighted by Crippen LogP contribution is 2.38. The number of aromatic nitrogens is 2. The Bertz CT molecular complexity index is 1340. The number of carboxylic acids is 1. The van der Waals surface area contributed by atoms with Crippen LogP contribution in [0.15, 0.2) is 54.7 Å². The number of carbonyl (C=O) groups is 2. The molecule has 0 saturated carbocycles. The second-order valence-corrected chi connectivity index (χ2v) is 10.0. The highest BCUT2D eigenvalue weighted by molar-refractivity contribution is 5.85. The van der Waals surface area contributed by atoms with Gasteiger partial charge in [0.15, 0.2) is 0 Å². The average Bonchev–Trinajstić information content (AvgIpc) is 3.29. The molecular weight excluding hydrogens is 527 g/mol. The summed E-state index contributed by atoms with van der Waals surface area (Å²) in [7, 11) is 0. The summed E-state index contributed by atoms with van der Waals surface area (Å²) >= 11 is 0. The number of ether oxygens (including phenoxy) is 1. The number of anilines is 1. The van der Waals surface area contributed by atoms with Crippen LogP contribution in [-0.4, -0.2) is 64.0 Å². The van der Waals surface area contributed by atoms with Gasteiger partial charge in [-0.2, -0.15) is 13.2 Å². The maximum absolute atomic E-state index is 13.8. The Morgan fingerprint density at radius 3 is 2.67 bits per heavy atom. The van der Waals surface area contributed by atoms with Gasteiger partial charge in [0.05, 0.1) is 36.9 Å². The molecule has 2 atom stereocenters. The molecule has 3 N–H and O–H groups in total. The van der Waals surface area contributed by atoms with Gasteiger partial charge in [0.25, 0.3) is 0 Å². The van der Waals surface area contributed by atoms with E-state index in [1.807, 2.05) is 10.9 Å². The Labute approximate surface area is 228 Å². The quantitative estimate of drug-likeness (QED) is 0.367. The number of hydrogen-bond acceptors (Lipinski definition) is 6. The van der Waals surface area contributed by atoms with Gasteiger partial charge >= 0.3 is 12.1 Å². The number of carboxylic acid groups (broad SMARTS) is 1. The largest absolute Gasteiger partial charge is 0.493 e. The van der Waals surface area contributed by atoms with Gasteiger partial charge in [-0.3, -0.25) is 9.59 Å². The zero-order chi connectivity index (χ0) is 28.3. The van der Waals surface area contributed by atoms with Gasteiger partial charge < -0.3 is 25.5 Å². The van der Waals surface area contributed by atoms with Crippen molar-refractivity contribution in [2.24, 2.45) is 5.92 Å². The number of halogens is 3. The van der Waals surface area contributed by atoms with Crippen LogP contribution >= 0.6 is 0 Å². The predicted molar refractivity (Wildman–Crippen MR) is 141 cm³/mol. The van der Waals surface area contributed by atoms with Crippen molar-refractivity contribution in [3.8, 4) is 5.75 Å². The van der Waals surface area contributed by atoms with Gasteiger partial charge in [-0.1, -0.05) is 36.4 Å².